The second-order valence-corrected chi connectivity index (χ2v) is 3.52. The van der Waals surface area contributed by atoms with Crippen molar-refractivity contribution in [3.63, 3.8) is 0 Å². The van der Waals surface area contributed by atoms with Crippen molar-refractivity contribution in [2.45, 2.75) is 25.5 Å². The maximum absolute atomic E-state index is 11.3. The summed E-state index contributed by atoms with van der Waals surface area (Å²) in [5.74, 6) is -0.542. The van der Waals surface area contributed by atoms with E-state index in [4.69, 9.17) is 10.5 Å². The van der Waals surface area contributed by atoms with Gasteiger partial charge in [0.05, 0.1) is 25.2 Å². The molecule has 1 fully saturated rings. The first kappa shape index (κ1) is 11.9. The number of carbonyl (C=O) groups excluding carboxylic acids is 2. The summed E-state index contributed by atoms with van der Waals surface area (Å²) in [6.45, 7) is 2.45. The first-order chi connectivity index (χ1) is 7.13. The maximum atomic E-state index is 11.3. The first-order valence-electron chi connectivity index (χ1n) is 5.01. The van der Waals surface area contributed by atoms with Crippen LogP contribution in [0.15, 0.2) is 0 Å². The van der Waals surface area contributed by atoms with Crippen LogP contribution in [-0.2, 0) is 14.3 Å². The van der Waals surface area contributed by atoms with Gasteiger partial charge in [0.15, 0.2) is 0 Å². The Labute approximate surface area is 88.5 Å². The fourth-order valence-electron chi connectivity index (χ4n) is 1.43. The Hall–Kier alpha value is -1.14. The minimum absolute atomic E-state index is 0.0285. The average molecular weight is 215 g/mol. The monoisotopic (exact) mass is 215 g/mol. The lowest BCUT2D eigenvalue weighted by atomic mass is 10.1. The molecule has 1 heterocycles. The SMILES string of the molecule is CC1OCCC1NC(=O)CNC(=O)CN. The number of ether oxygens (including phenoxy) is 1. The topological polar surface area (TPSA) is 93.5 Å². The Kier molecular flexibility index (Phi) is 4.51. The molecule has 4 N–H and O–H groups in total. The third-order valence-electron chi connectivity index (χ3n) is 2.35. The lowest BCUT2D eigenvalue weighted by Gasteiger charge is -2.15. The number of hydrogen-bond donors (Lipinski definition) is 3. The number of rotatable bonds is 4. The van der Waals surface area contributed by atoms with Crippen molar-refractivity contribution in [2.75, 3.05) is 19.7 Å². The zero-order valence-corrected chi connectivity index (χ0v) is 8.79. The van der Waals surface area contributed by atoms with E-state index in [0.717, 1.165) is 6.42 Å². The molecule has 2 atom stereocenters. The first-order valence-corrected chi connectivity index (χ1v) is 5.01. The Morgan fingerprint density at radius 1 is 1.47 bits per heavy atom. The molecular formula is C9H17N3O3. The number of nitrogens with one attached hydrogen (secondary N) is 2. The Morgan fingerprint density at radius 3 is 2.73 bits per heavy atom. The van der Waals surface area contributed by atoms with Gasteiger partial charge in [0, 0.05) is 6.61 Å². The van der Waals surface area contributed by atoms with Gasteiger partial charge in [0.1, 0.15) is 0 Å². The fraction of sp³-hybridized carbons (Fsp3) is 0.778. The van der Waals surface area contributed by atoms with Crippen molar-refractivity contribution in [1.82, 2.24) is 10.6 Å². The van der Waals surface area contributed by atoms with Crippen LogP contribution in [-0.4, -0.2) is 43.7 Å². The zero-order chi connectivity index (χ0) is 11.3. The van der Waals surface area contributed by atoms with Crippen LogP contribution < -0.4 is 16.4 Å². The van der Waals surface area contributed by atoms with Crippen LogP contribution in [0.1, 0.15) is 13.3 Å². The molecule has 2 unspecified atom stereocenters. The van der Waals surface area contributed by atoms with E-state index in [1.165, 1.54) is 0 Å². The lowest BCUT2D eigenvalue weighted by Crippen LogP contribution is -2.45. The van der Waals surface area contributed by atoms with E-state index >= 15 is 0 Å². The maximum Gasteiger partial charge on any atom is 0.239 e. The summed E-state index contributed by atoms with van der Waals surface area (Å²) >= 11 is 0. The highest BCUT2D eigenvalue weighted by atomic mass is 16.5. The van der Waals surface area contributed by atoms with Crippen LogP contribution in [0, 0.1) is 0 Å². The highest BCUT2D eigenvalue weighted by molar-refractivity contribution is 5.85. The Bertz CT molecular complexity index is 245. The second-order valence-electron chi connectivity index (χ2n) is 3.52. The van der Waals surface area contributed by atoms with Crippen LogP contribution >= 0.6 is 0 Å². The molecule has 15 heavy (non-hydrogen) atoms. The molecule has 1 saturated heterocycles. The summed E-state index contributed by atoms with van der Waals surface area (Å²) in [4.78, 5) is 22.1. The average Bonchev–Trinajstić information content (AvgIpc) is 2.61. The van der Waals surface area contributed by atoms with Gasteiger partial charge in [-0.05, 0) is 13.3 Å². The molecule has 2 amide bonds. The van der Waals surface area contributed by atoms with E-state index in [0.29, 0.717) is 6.61 Å². The van der Waals surface area contributed by atoms with E-state index in [1.807, 2.05) is 6.92 Å². The predicted molar refractivity (Wildman–Crippen MR) is 54.0 cm³/mol. The highest BCUT2D eigenvalue weighted by Crippen LogP contribution is 2.11. The molecule has 0 aromatic carbocycles. The van der Waals surface area contributed by atoms with Crippen LogP contribution in [0.2, 0.25) is 0 Å². The normalized spacial score (nSPS) is 24.9. The largest absolute Gasteiger partial charge is 0.376 e. The lowest BCUT2D eigenvalue weighted by molar-refractivity contribution is -0.125. The van der Waals surface area contributed by atoms with Gasteiger partial charge >= 0.3 is 0 Å². The fourth-order valence-corrected chi connectivity index (χ4v) is 1.43. The summed E-state index contributed by atoms with van der Waals surface area (Å²) in [5.41, 5.74) is 5.08. The zero-order valence-electron chi connectivity index (χ0n) is 8.79. The molecule has 0 bridgehead atoms. The van der Waals surface area contributed by atoms with Gasteiger partial charge in [-0.1, -0.05) is 0 Å². The number of carbonyl (C=O) groups is 2. The van der Waals surface area contributed by atoms with E-state index < -0.39 is 0 Å². The third-order valence-corrected chi connectivity index (χ3v) is 2.35. The van der Waals surface area contributed by atoms with Crippen LogP contribution in [0.25, 0.3) is 0 Å². The van der Waals surface area contributed by atoms with E-state index in [1.54, 1.807) is 0 Å². The van der Waals surface area contributed by atoms with Crippen molar-refractivity contribution in [1.29, 1.82) is 0 Å². The van der Waals surface area contributed by atoms with E-state index in [9.17, 15) is 9.59 Å². The number of hydrogen-bond acceptors (Lipinski definition) is 4. The summed E-state index contributed by atoms with van der Waals surface area (Å²) in [6.07, 6.45) is 0.858. The predicted octanol–water partition coefficient (Wildman–Crippen LogP) is -1.65. The molecule has 1 aliphatic heterocycles. The van der Waals surface area contributed by atoms with Gasteiger partial charge in [-0.15, -0.1) is 0 Å². The van der Waals surface area contributed by atoms with Gasteiger partial charge in [0.25, 0.3) is 0 Å². The molecule has 0 aliphatic carbocycles. The quantitative estimate of drug-likeness (QED) is 0.524. The molecule has 0 radical (unpaired) electrons. The van der Waals surface area contributed by atoms with Gasteiger partial charge in [-0.2, -0.15) is 0 Å². The minimum atomic E-state index is -0.333. The van der Waals surface area contributed by atoms with Crippen LogP contribution in [0.4, 0.5) is 0 Å². The number of nitrogens with two attached hydrogens (primary N) is 1. The second kappa shape index (κ2) is 5.67. The van der Waals surface area contributed by atoms with E-state index in [-0.39, 0.29) is 37.0 Å². The van der Waals surface area contributed by atoms with Crippen molar-refractivity contribution in [3.05, 3.63) is 0 Å². The molecular weight excluding hydrogens is 198 g/mol. The summed E-state index contributed by atoms with van der Waals surface area (Å²) < 4.78 is 5.29. The van der Waals surface area contributed by atoms with Gasteiger partial charge in [-0.3, -0.25) is 9.59 Å². The van der Waals surface area contributed by atoms with Gasteiger partial charge < -0.3 is 21.1 Å². The summed E-state index contributed by atoms with van der Waals surface area (Å²) in [5, 5.41) is 5.19. The van der Waals surface area contributed by atoms with Crippen molar-refractivity contribution < 1.29 is 14.3 Å². The molecule has 0 aromatic heterocycles. The summed E-state index contributed by atoms with van der Waals surface area (Å²) in [6, 6.07) is 0.0484. The number of amides is 2. The molecule has 0 aromatic rings. The molecule has 0 saturated carbocycles. The van der Waals surface area contributed by atoms with Crippen molar-refractivity contribution in [3.8, 4) is 0 Å². The Balaban J connectivity index is 2.21. The molecule has 1 rings (SSSR count). The standard InChI is InChI=1S/C9H17N3O3/c1-6-7(2-3-15-6)12-9(14)5-11-8(13)4-10/h6-7H,2-5,10H2,1H3,(H,11,13)(H,12,14). The third kappa shape index (κ3) is 3.85. The van der Waals surface area contributed by atoms with E-state index in [2.05, 4.69) is 10.6 Å². The van der Waals surface area contributed by atoms with Crippen LogP contribution in [0.5, 0.6) is 0 Å². The molecule has 86 valence electrons. The van der Waals surface area contributed by atoms with Crippen LogP contribution in [0.3, 0.4) is 0 Å². The molecule has 6 nitrogen and oxygen atoms in total. The molecule has 1 aliphatic rings. The molecule has 0 spiro atoms. The van der Waals surface area contributed by atoms with Crippen molar-refractivity contribution in [2.24, 2.45) is 5.73 Å². The van der Waals surface area contributed by atoms with Gasteiger partial charge in [-0.25, -0.2) is 0 Å². The smallest absolute Gasteiger partial charge is 0.239 e. The molecule has 6 heteroatoms. The Morgan fingerprint density at radius 2 is 2.20 bits per heavy atom. The minimum Gasteiger partial charge on any atom is -0.376 e. The van der Waals surface area contributed by atoms with Gasteiger partial charge in [0.2, 0.25) is 11.8 Å². The summed E-state index contributed by atoms with van der Waals surface area (Å²) in [7, 11) is 0. The van der Waals surface area contributed by atoms with Crippen molar-refractivity contribution >= 4 is 11.8 Å². The highest BCUT2D eigenvalue weighted by Gasteiger charge is 2.25.